The summed E-state index contributed by atoms with van der Waals surface area (Å²) in [6.45, 7) is 2.23. The van der Waals surface area contributed by atoms with E-state index in [9.17, 15) is 10.1 Å². The second-order valence-electron chi connectivity index (χ2n) is 6.12. The Labute approximate surface area is 158 Å². The SMILES string of the molecule is COc1cccc2c1OC(C)C(C=C(C#N)C(=O)NCc1ccccc1)=C2. The van der Waals surface area contributed by atoms with Crippen molar-refractivity contribution in [3.05, 3.63) is 76.9 Å². The van der Waals surface area contributed by atoms with E-state index in [1.54, 1.807) is 13.2 Å². The van der Waals surface area contributed by atoms with Gasteiger partial charge in [0.05, 0.1) is 7.11 Å². The van der Waals surface area contributed by atoms with Crippen LogP contribution in [0.15, 0.2) is 65.8 Å². The van der Waals surface area contributed by atoms with E-state index in [1.165, 1.54) is 0 Å². The van der Waals surface area contributed by atoms with E-state index in [4.69, 9.17) is 9.47 Å². The molecule has 1 aliphatic rings. The predicted molar refractivity (Wildman–Crippen MR) is 103 cm³/mol. The molecular formula is C22H20N2O3. The van der Waals surface area contributed by atoms with E-state index < -0.39 is 5.91 Å². The number of amides is 1. The first kappa shape index (κ1) is 18.3. The van der Waals surface area contributed by atoms with Gasteiger partial charge in [0.1, 0.15) is 17.7 Å². The topological polar surface area (TPSA) is 71.3 Å². The van der Waals surface area contributed by atoms with Gasteiger partial charge in [0.15, 0.2) is 11.5 Å². The first-order valence-corrected chi connectivity index (χ1v) is 8.61. The highest BCUT2D eigenvalue weighted by Gasteiger charge is 2.22. The minimum absolute atomic E-state index is 0.0407. The molecule has 1 unspecified atom stereocenters. The lowest BCUT2D eigenvalue weighted by Crippen LogP contribution is -2.25. The number of nitrogens with one attached hydrogen (secondary N) is 1. The Morgan fingerprint density at radius 1 is 1.26 bits per heavy atom. The van der Waals surface area contributed by atoms with E-state index in [0.717, 1.165) is 16.7 Å². The molecule has 0 radical (unpaired) electrons. The standard InChI is InChI=1S/C22H20N2O3/c1-15-18(11-17-9-6-10-20(26-2)21(17)27-15)12-19(13-23)22(25)24-14-16-7-4-3-5-8-16/h3-12,15H,14H2,1-2H3,(H,24,25). The van der Waals surface area contributed by atoms with Crippen molar-refractivity contribution < 1.29 is 14.3 Å². The molecule has 0 saturated heterocycles. The van der Waals surface area contributed by atoms with Crippen LogP contribution in [0.2, 0.25) is 0 Å². The molecule has 1 amide bonds. The molecule has 5 heteroatoms. The third-order valence-electron chi connectivity index (χ3n) is 4.29. The summed E-state index contributed by atoms with van der Waals surface area (Å²) in [6.07, 6.45) is 3.18. The normalized spacial score (nSPS) is 15.7. The van der Waals surface area contributed by atoms with E-state index in [1.807, 2.05) is 67.6 Å². The Kier molecular flexibility index (Phi) is 5.58. The Morgan fingerprint density at radius 3 is 2.74 bits per heavy atom. The average molecular weight is 360 g/mol. The molecule has 3 rings (SSSR count). The number of carbonyl (C=O) groups excluding carboxylic acids is 1. The first-order valence-electron chi connectivity index (χ1n) is 8.61. The fourth-order valence-corrected chi connectivity index (χ4v) is 2.82. The van der Waals surface area contributed by atoms with Crippen LogP contribution in [0.1, 0.15) is 18.1 Å². The van der Waals surface area contributed by atoms with Gasteiger partial charge in [0, 0.05) is 12.1 Å². The fraction of sp³-hybridized carbons (Fsp3) is 0.182. The third-order valence-corrected chi connectivity index (χ3v) is 4.29. The minimum atomic E-state index is -0.411. The largest absolute Gasteiger partial charge is 0.493 e. The van der Waals surface area contributed by atoms with Crippen molar-refractivity contribution in [3.63, 3.8) is 0 Å². The number of para-hydroxylation sites is 1. The zero-order valence-corrected chi connectivity index (χ0v) is 15.2. The van der Waals surface area contributed by atoms with Crippen molar-refractivity contribution >= 4 is 12.0 Å². The van der Waals surface area contributed by atoms with Gasteiger partial charge >= 0.3 is 0 Å². The molecule has 0 fully saturated rings. The molecule has 0 spiro atoms. The van der Waals surface area contributed by atoms with Gasteiger partial charge in [-0.1, -0.05) is 42.5 Å². The first-order chi connectivity index (χ1) is 13.1. The van der Waals surface area contributed by atoms with Crippen LogP contribution in [0.4, 0.5) is 0 Å². The molecule has 0 aromatic heterocycles. The number of nitrogens with zero attached hydrogens (tertiary/aromatic N) is 1. The molecule has 5 nitrogen and oxygen atoms in total. The molecule has 1 aliphatic heterocycles. The van der Waals surface area contributed by atoms with Gasteiger partial charge in [-0.3, -0.25) is 4.79 Å². The van der Waals surface area contributed by atoms with E-state index in [-0.39, 0.29) is 11.7 Å². The number of nitriles is 1. The number of carbonyl (C=O) groups is 1. The number of hydrogen-bond acceptors (Lipinski definition) is 4. The van der Waals surface area contributed by atoms with Crippen molar-refractivity contribution in [1.29, 1.82) is 5.26 Å². The number of rotatable bonds is 5. The summed E-state index contributed by atoms with van der Waals surface area (Å²) in [5.41, 5.74) is 2.61. The van der Waals surface area contributed by atoms with Crippen molar-refractivity contribution in [3.8, 4) is 17.6 Å². The number of benzene rings is 2. The zero-order chi connectivity index (χ0) is 19.2. The Balaban J connectivity index is 1.81. The van der Waals surface area contributed by atoms with Crippen LogP contribution >= 0.6 is 0 Å². The maximum atomic E-state index is 12.4. The van der Waals surface area contributed by atoms with Gasteiger partial charge in [-0.2, -0.15) is 5.26 Å². The van der Waals surface area contributed by atoms with Crippen LogP contribution in [0.25, 0.3) is 6.08 Å². The molecule has 27 heavy (non-hydrogen) atoms. The number of hydrogen-bond donors (Lipinski definition) is 1. The number of fused-ring (bicyclic) bond motifs is 1. The zero-order valence-electron chi connectivity index (χ0n) is 15.2. The fourth-order valence-electron chi connectivity index (χ4n) is 2.82. The van der Waals surface area contributed by atoms with Crippen LogP contribution in [0, 0.1) is 11.3 Å². The van der Waals surface area contributed by atoms with Gasteiger partial charge < -0.3 is 14.8 Å². The van der Waals surface area contributed by atoms with Gasteiger partial charge in [-0.05, 0) is 36.3 Å². The molecule has 1 atom stereocenters. The predicted octanol–water partition coefficient (Wildman–Crippen LogP) is 3.63. The van der Waals surface area contributed by atoms with Crippen molar-refractivity contribution in [2.24, 2.45) is 0 Å². The Morgan fingerprint density at radius 2 is 2.04 bits per heavy atom. The lowest BCUT2D eigenvalue weighted by Gasteiger charge is -2.24. The van der Waals surface area contributed by atoms with Crippen molar-refractivity contribution in [2.75, 3.05) is 7.11 Å². The van der Waals surface area contributed by atoms with Crippen LogP contribution < -0.4 is 14.8 Å². The van der Waals surface area contributed by atoms with Crippen LogP contribution in [-0.4, -0.2) is 19.1 Å². The van der Waals surface area contributed by atoms with E-state index >= 15 is 0 Å². The second-order valence-corrected chi connectivity index (χ2v) is 6.12. The number of ether oxygens (including phenoxy) is 2. The summed E-state index contributed by atoms with van der Waals surface area (Å²) in [5.74, 6) is 0.905. The maximum absolute atomic E-state index is 12.4. The van der Waals surface area contributed by atoms with Crippen LogP contribution in [-0.2, 0) is 11.3 Å². The summed E-state index contributed by atoms with van der Waals surface area (Å²) < 4.78 is 11.3. The molecule has 0 saturated carbocycles. The third kappa shape index (κ3) is 4.18. The summed E-state index contributed by atoms with van der Waals surface area (Å²) in [7, 11) is 1.59. The lowest BCUT2D eigenvalue weighted by molar-refractivity contribution is -0.117. The van der Waals surface area contributed by atoms with Crippen molar-refractivity contribution in [1.82, 2.24) is 5.32 Å². The van der Waals surface area contributed by atoms with Gasteiger partial charge in [0.2, 0.25) is 0 Å². The van der Waals surface area contributed by atoms with Crippen LogP contribution in [0.5, 0.6) is 11.5 Å². The Hall–Kier alpha value is -3.52. The number of methoxy groups -OCH3 is 1. The summed E-state index contributed by atoms with van der Waals surface area (Å²) in [5, 5.41) is 12.2. The highest BCUT2D eigenvalue weighted by molar-refractivity contribution is 5.98. The molecule has 1 N–H and O–H groups in total. The van der Waals surface area contributed by atoms with Gasteiger partial charge in [0.25, 0.3) is 5.91 Å². The molecule has 1 heterocycles. The molecular weight excluding hydrogens is 340 g/mol. The molecule has 2 aromatic rings. The van der Waals surface area contributed by atoms with Gasteiger partial charge in [-0.15, -0.1) is 0 Å². The van der Waals surface area contributed by atoms with E-state index in [2.05, 4.69) is 5.32 Å². The summed E-state index contributed by atoms with van der Waals surface area (Å²) in [4.78, 5) is 12.4. The van der Waals surface area contributed by atoms with Crippen LogP contribution in [0.3, 0.4) is 0 Å². The highest BCUT2D eigenvalue weighted by atomic mass is 16.5. The second kappa shape index (κ2) is 8.24. The summed E-state index contributed by atoms with van der Waals surface area (Å²) in [6, 6.07) is 17.1. The maximum Gasteiger partial charge on any atom is 0.262 e. The van der Waals surface area contributed by atoms with E-state index in [0.29, 0.717) is 18.0 Å². The minimum Gasteiger partial charge on any atom is -0.493 e. The van der Waals surface area contributed by atoms with Gasteiger partial charge in [-0.25, -0.2) is 0 Å². The average Bonchev–Trinajstić information content (AvgIpc) is 2.70. The molecule has 0 bridgehead atoms. The van der Waals surface area contributed by atoms with Crippen molar-refractivity contribution in [2.45, 2.75) is 19.6 Å². The summed E-state index contributed by atoms with van der Waals surface area (Å²) >= 11 is 0. The monoisotopic (exact) mass is 360 g/mol. The smallest absolute Gasteiger partial charge is 0.262 e. The molecule has 0 aliphatic carbocycles. The lowest BCUT2D eigenvalue weighted by atomic mass is 10.00. The molecule has 136 valence electrons. The molecule has 2 aromatic carbocycles. The highest BCUT2D eigenvalue weighted by Crippen LogP contribution is 2.38. The Bertz CT molecular complexity index is 940. The quantitative estimate of drug-likeness (QED) is 0.653.